The lowest BCUT2D eigenvalue weighted by molar-refractivity contribution is -0.325. The molecule has 1 atom stereocenters. The van der Waals surface area contributed by atoms with E-state index in [0.29, 0.717) is 13.2 Å². The second-order valence-electron chi connectivity index (χ2n) is 2.75. The number of hydrogen-bond acceptors (Lipinski definition) is 5. The van der Waals surface area contributed by atoms with Gasteiger partial charge in [-0.3, -0.25) is 4.18 Å². The summed E-state index contributed by atoms with van der Waals surface area (Å²) in [6.07, 6.45) is 1.81. The molecule has 1 aliphatic rings. The quantitative estimate of drug-likeness (QED) is 0.467. The summed E-state index contributed by atoms with van der Waals surface area (Å²) in [5, 5.41) is 0. The molecule has 1 saturated heterocycles. The Kier molecular flexibility index (Phi) is 3.45. The zero-order valence-electron chi connectivity index (χ0n) is 6.86. The van der Waals surface area contributed by atoms with Crippen LogP contribution in [0.1, 0.15) is 6.42 Å². The van der Waals surface area contributed by atoms with Gasteiger partial charge < -0.3 is 0 Å². The normalized spacial score (nSPS) is 25.6. The van der Waals surface area contributed by atoms with E-state index in [9.17, 15) is 8.42 Å². The summed E-state index contributed by atoms with van der Waals surface area (Å²) in [6.45, 7) is 1.08. The maximum absolute atomic E-state index is 10.6. The zero-order valence-corrected chi connectivity index (χ0v) is 7.67. The fourth-order valence-electron chi connectivity index (χ4n) is 0.853. The first-order valence-electron chi connectivity index (χ1n) is 3.67. The highest BCUT2D eigenvalue weighted by atomic mass is 32.2. The van der Waals surface area contributed by atoms with E-state index in [1.165, 1.54) is 0 Å². The van der Waals surface area contributed by atoms with Crippen LogP contribution in [-0.2, 0) is 24.1 Å². The van der Waals surface area contributed by atoms with Crippen molar-refractivity contribution in [3.05, 3.63) is 0 Å². The molecule has 1 heterocycles. The Balaban J connectivity index is 2.22. The smallest absolute Gasteiger partial charge is 0.264 e. The van der Waals surface area contributed by atoms with Gasteiger partial charge in [-0.1, -0.05) is 0 Å². The first-order valence-corrected chi connectivity index (χ1v) is 5.48. The Labute approximate surface area is 71.7 Å². The van der Waals surface area contributed by atoms with E-state index in [4.69, 9.17) is 0 Å². The molecular formula is C6H12O5S. The van der Waals surface area contributed by atoms with Gasteiger partial charge in [-0.25, -0.2) is 9.78 Å². The first kappa shape index (κ1) is 9.91. The molecular weight excluding hydrogens is 184 g/mol. The van der Waals surface area contributed by atoms with Gasteiger partial charge in [0.05, 0.1) is 26.1 Å². The molecule has 0 saturated carbocycles. The molecule has 12 heavy (non-hydrogen) atoms. The molecule has 0 amide bonds. The Hall–Kier alpha value is -0.170. The molecule has 1 fully saturated rings. The Bertz CT molecular complexity index is 216. The van der Waals surface area contributed by atoms with E-state index in [1.54, 1.807) is 0 Å². The van der Waals surface area contributed by atoms with E-state index in [2.05, 4.69) is 14.0 Å². The molecule has 1 rings (SSSR count). The van der Waals surface area contributed by atoms with Crippen LogP contribution in [0.5, 0.6) is 0 Å². The summed E-state index contributed by atoms with van der Waals surface area (Å²) in [7, 11) is -3.32. The van der Waals surface area contributed by atoms with Crippen LogP contribution < -0.4 is 0 Å². The highest BCUT2D eigenvalue weighted by molar-refractivity contribution is 7.85. The van der Waals surface area contributed by atoms with Crippen molar-refractivity contribution in [1.29, 1.82) is 0 Å². The topological polar surface area (TPSA) is 61.8 Å². The molecule has 6 heteroatoms. The summed E-state index contributed by atoms with van der Waals surface area (Å²) in [6, 6.07) is 0. The molecule has 1 aliphatic heterocycles. The average molecular weight is 196 g/mol. The molecule has 0 spiro atoms. The van der Waals surface area contributed by atoms with Crippen LogP contribution in [0.15, 0.2) is 0 Å². The molecule has 1 unspecified atom stereocenters. The van der Waals surface area contributed by atoms with E-state index in [1.807, 2.05) is 0 Å². The second kappa shape index (κ2) is 4.18. The van der Waals surface area contributed by atoms with Crippen molar-refractivity contribution in [3.8, 4) is 0 Å². The predicted octanol–water partition coefficient (Wildman–Crippen LogP) is -0.0693. The summed E-state index contributed by atoms with van der Waals surface area (Å²) in [5.74, 6) is 0.119. The van der Waals surface area contributed by atoms with Gasteiger partial charge in [-0.2, -0.15) is 8.42 Å². The maximum atomic E-state index is 10.6. The Morgan fingerprint density at radius 1 is 1.50 bits per heavy atom. The molecule has 72 valence electrons. The highest BCUT2D eigenvalue weighted by Gasteiger charge is 2.17. The van der Waals surface area contributed by atoms with Crippen LogP contribution in [-0.4, -0.2) is 34.5 Å². The third kappa shape index (κ3) is 4.01. The van der Waals surface area contributed by atoms with Gasteiger partial charge in [0.25, 0.3) is 10.1 Å². The predicted molar refractivity (Wildman–Crippen MR) is 40.8 cm³/mol. The van der Waals surface area contributed by atoms with Gasteiger partial charge in [0.1, 0.15) is 0 Å². The van der Waals surface area contributed by atoms with E-state index >= 15 is 0 Å². The average Bonchev–Trinajstić information content (AvgIpc) is 2.02. The fourth-order valence-corrected chi connectivity index (χ4v) is 1.29. The lowest BCUT2D eigenvalue weighted by atomic mass is 10.1. The van der Waals surface area contributed by atoms with Crippen LogP contribution >= 0.6 is 0 Å². The summed E-state index contributed by atoms with van der Waals surface area (Å²) in [5.41, 5.74) is 0. The molecule has 0 N–H and O–H groups in total. The van der Waals surface area contributed by atoms with Gasteiger partial charge in [-0.15, -0.1) is 0 Å². The third-order valence-electron chi connectivity index (χ3n) is 1.51. The zero-order chi connectivity index (χ0) is 9.03. The molecule has 0 bridgehead atoms. The van der Waals surface area contributed by atoms with Crippen LogP contribution in [0.3, 0.4) is 0 Å². The third-order valence-corrected chi connectivity index (χ3v) is 2.08. The van der Waals surface area contributed by atoms with Crippen LogP contribution in [0.4, 0.5) is 0 Å². The minimum atomic E-state index is -3.32. The maximum Gasteiger partial charge on any atom is 0.264 e. The van der Waals surface area contributed by atoms with Crippen molar-refractivity contribution < 1.29 is 22.4 Å². The Morgan fingerprint density at radius 3 is 2.75 bits per heavy atom. The summed E-state index contributed by atoms with van der Waals surface area (Å²) < 4.78 is 25.8. The minimum absolute atomic E-state index is 0.119. The van der Waals surface area contributed by atoms with E-state index in [0.717, 1.165) is 12.7 Å². The van der Waals surface area contributed by atoms with Gasteiger partial charge in [0, 0.05) is 5.92 Å². The molecule has 0 aromatic heterocycles. The largest absolute Gasteiger partial charge is 0.270 e. The first-order chi connectivity index (χ1) is 5.58. The van der Waals surface area contributed by atoms with Crippen LogP contribution in [0.2, 0.25) is 0 Å². The van der Waals surface area contributed by atoms with Crippen LogP contribution in [0, 0.1) is 5.92 Å². The minimum Gasteiger partial charge on any atom is -0.270 e. The van der Waals surface area contributed by atoms with Crippen molar-refractivity contribution in [2.24, 2.45) is 5.92 Å². The standard InChI is InChI=1S/C6H12O5S/c1-12(7,8)11-5-6-2-3-9-10-4-6/h6H,2-5H2,1H3. The molecule has 0 aromatic carbocycles. The molecule has 0 aromatic rings. The van der Waals surface area contributed by atoms with Crippen molar-refractivity contribution in [2.45, 2.75) is 6.42 Å². The second-order valence-corrected chi connectivity index (χ2v) is 4.39. The number of rotatable bonds is 3. The van der Waals surface area contributed by atoms with Gasteiger partial charge >= 0.3 is 0 Å². The van der Waals surface area contributed by atoms with Gasteiger partial charge in [-0.05, 0) is 6.42 Å². The van der Waals surface area contributed by atoms with Crippen molar-refractivity contribution in [1.82, 2.24) is 0 Å². The highest BCUT2D eigenvalue weighted by Crippen LogP contribution is 2.11. The lowest BCUT2D eigenvalue weighted by Crippen LogP contribution is -2.24. The lowest BCUT2D eigenvalue weighted by Gasteiger charge is -2.19. The van der Waals surface area contributed by atoms with E-state index < -0.39 is 10.1 Å². The monoisotopic (exact) mass is 196 g/mol. The fraction of sp³-hybridized carbons (Fsp3) is 1.00. The summed E-state index contributed by atoms with van der Waals surface area (Å²) >= 11 is 0. The van der Waals surface area contributed by atoms with Crippen molar-refractivity contribution >= 4 is 10.1 Å². The van der Waals surface area contributed by atoms with E-state index in [-0.39, 0.29) is 12.5 Å². The van der Waals surface area contributed by atoms with Crippen LogP contribution in [0.25, 0.3) is 0 Å². The SMILES string of the molecule is CS(=O)(=O)OCC1CCOOC1. The molecule has 0 radical (unpaired) electrons. The Morgan fingerprint density at radius 2 is 2.25 bits per heavy atom. The molecule has 5 nitrogen and oxygen atoms in total. The van der Waals surface area contributed by atoms with Crippen molar-refractivity contribution in [3.63, 3.8) is 0 Å². The summed E-state index contributed by atoms with van der Waals surface area (Å²) in [4.78, 5) is 9.30. The number of hydrogen-bond donors (Lipinski definition) is 0. The molecule has 0 aliphatic carbocycles. The van der Waals surface area contributed by atoms with Gasteiger partial charge in [0.2, 0.25) is 0 Å². The van der Waals surface area contributed by atoms with Crippen molar-refractivity contribution in [2.75, 3.05) is 26.1 Å². The van der Waals surface area contributed by atoms with Gasteiger partial charge in [0.15, 0.2) is 0 Å².